The molecule has 1 aromatic carbocycles. The minimum Gasteiger partial charge on any atom is -0.487 e. The highest BCUT2D eigenvalue weighted by Gasteiger charge is 2.08. The van der Waals surface area contributed by atoms with Gasteiger partial charge in [0.1, 0.15) is 24.0 Å². The normalized spacial score (nSPS) is 12.5. The lowest BCUT2D eigenvalue weighted by atomic mass is 10.2. The number of benzene rings is 1. The van der Waals surface area contributed by atoms with E-state index in [1.807, 2.05) is 0 Å². The number of allylic oxidation sites excluding steroid dienone is 1. The molecule has 0 bridgehead atoms. The van der Waals surface area contributed by atoms with Gasteiger partial charge in [-0.2, -0.15) is 0 Å². The molecule has 5 nitrogen and oxygen atoms in total. The second kappa shape index (κ2) is 6.74. The molecule has 1 aromatic heterocycles. The second-order valence-electron chi connectivity index (χ2n) is 4.51. The van der Waals surface area contributed by atoms with Crippen LogP contribution in [0.15, 0.2) is 51.7 Å². The average Bonchev–Trinajstić information content (AvgIpc) is 2.45. The van der Waals surface area contributed by atoms with Crippen LogP contribution in [0.4, 0.5) is 0 Å². The Hall–Kier alpha value is -2.56. The molecule has 110 valence electrons. The lowest BCUT2D eigenvalue weighted by molar-refractivity contribution is -0.139. The standard InChI is InChI=1S/C16H16O5/c1-3-4-15(17)19-10-11(2)20-13-7-5-12-6-8-16(18)21-14(12)9-13/h3-9,11H,10H2,1-2H3. The minimum atomic E-state index is -0.409. The first-order valence-electron chi connectivity index (χ1n) is 6.58. The van der Waals surface area contributed by atoms with Crippen LogP contribution in [0.25, 0.3) is 11.0 Å². The first-order chi connectivity index (χ1) is 10.1. The van der Waals surface area contributed by atoms with Gasteiger partial charge in [0, 0.05) is 23.6 Å². The highest BCUT2D eigenvalue weighted by molar-refractivity contribution is 5.81. The molecule has 0 aliphatic rings. The zero-order valence-electron chi connectivity index (χ0n) is 11.9. The Morgan fingerprint density at radius 3 is 2.86 bits per heavy atom. The van der Waals surface area contributed by atoms with Crippen molar-refractivity contribution in [2.45, 2.75) is 20.0 Å². The third kappa shape index (κ3) is 4.21. The van der Waals surface area contributed by atoms with Crippen LogP contribution in [0.2, 0.25) is 0 Å². The van der Waals surface area contributed by atoms with Crippen LogP contribution < -0.4 is 10.4 Å². The largest absolute Gasteiger partial charge is 0.487 e. The van der Waals surface area contributed by atoms with Crippen molar-refractivity contribution in [2.24, 2.45) is 0 Å². The van der Waals surface area contributed by atoms with Gasteiger partial charge in [-0.3, -0.25) is 0 Å². The van der Waals surface area contributed by atoms with Gasteiger partial charge in [0.25, 0.3) is 0 Å². The molecule has 2 rings (SSSR count). The SMILES string of the molecule is CC=CC(=O)OCC(C)Oc1ccc2ccc(=O)oc2c1. The number of carbonyl (C=O) groups is 1. The zero-order chi connectivity index (χ0) is 15.2. The molecular weight excluding hydrogens is 272 g/mol. The summed E-state index contributed by atoms with van der Waals surface area (Å²) < 4.78 is 15.7. The third-order valence-corrected chi connectivity index (χ3v) is 2.69. The molecule has 1 heterocycles. The molecular formula is C16H16O5. The van der Waals surface area contributed by atoms with Crippen molar-refractivity contribution >= 4 is 16.9 Å². The molecule has 1 atom stereocenters. The summed E-state index contributed by atoms with van der Waals surface area (Å²) in [6, 6.07) is 8.26. The van der Waals surface area contributed by atoms with Crippen molar-refractivity contribution in [1.29, 1.82) is 0 Å². The summed E-state index contributed by atoms with van der Waals surface area (Å²) in [5.74, 6) is 0.142. The molecule has 21 heavy (non-hydrogen) atoms. The predicted octanol–water partition coefficient (Wildman–Crippen LogP) is 2.68. The van der Waals surface area contributed by atoms with Gasteiger partial charge in [-0.15, -0.1) is 0 Å². The molecule has 0 fully saturated rings. The summed E-state index contributed by atoms with van der Waals surface area (Å²) in [4.78, 5) is 22.4. The van der Waals surface area contributed by atoms with E-state index in [-0.39, 0.29) is 12.7 Å². The molecule has 0 amide bonds. The van der Waals surface area contributed by atoms with E-state index >= 15 is 0 Å². The topological polar surface area (TPSA) is 65.7 Å². The van der Waals surface area contributed by atoms with Gasteiger partial charge in [0.05, 0.1) is 0 Å². The maximum absolute atomic E-state index is 11.2. The van der Waals surface area contributed by atoms with Crippen molar-refractivity contribution in [3.8, 4) is 5.75 Å². The molecule has 5 heteroatoms. The van der Waals surface area contributed by atoms with Gasteiger partial charge < -0.3 is 13.9 Å². The van der Waals surface area contributed by atoms with Gasteiger partial charge in [-0.1, -0.05) is 6.08 Å². The number of carbonyl (C=O) groups excluding carboxylic acids is 1. The van der Waals surface area contributed by atoms with Crippen LogP contribution in [-0.4, -0.2) is 18.7 Å². The molecule has 1 unspecified atom stereocenters. The molecule has 0 aliphatic heterocycles. The monoisotopic (exact) mass is 288 g/mol. The van der Waals surface area contributed by atoms with E-state index in [4.69, 9.17) is 13.9 Å². The highest BCUT2D eigenvalue weighted by atomic mass is 16.6. The summed E-state index contributed by atoms with van der Waals surface area (Å²) in [6.07, 6.45) is 2.64. The number of fused-ring (bicyclic) bond motifs is 1. The Morgan fingerprint density at radius 1 is 1.33 bits per heavy atom. The number of hydrogen-bond acceptors (Lipinski definition) is 5. The molecule has 0 N–H and O–H groups in total. The van der Waals surface area contributed by atoms with E-state index in [0.29, 0.717) is 11.3 Å². The van der Waals surface area contributed by atoms with Crippen molar-refractivity contribution < 1.29 is 18.7 Å². The summed E-state index contributed by atoms with van der Waals surface area (Å²) in [6.45, 7) is 3.66. The number of hydrogen-bond donors (Lipinski definition) is 0. The highest BCUT2D eigenvalue weighted by Crippen LogP contribution is 2.20. The first kappa shape index (κ1) is 14.8. The molecule has 0 saturated carbocycles. The van der Waals surface area contributed by atoms with E-state index in [2.05, 4.69) is 0 Å². The van der Waals surface area contributed by atoms with E-state index in [0.717, 1.165) is 5.39 Å². The smallest absolute Gasteiger partial charge is 0.336 e. The third-order valence-electron chi connectivity index (χ3n) is 2.69. The van der Waals surface area contributed by atoms with Crippen molar-refractivity contribution in [1.82, 2.24) is 0 Å². The first-order valence-corrected chi connectivity index (χ1v) is 6.58. The van der Waals surface area contributed by atoms with Crippen LogP contribution >= 0.6 is 0 Å². The Bertz CT molecular complexity index is 714. The van der Waals surface area contributed by atoms with Crippen molar-refractivity contribution in [3.05, 3.63) is 52.9 Å². The minimum absolute atomic E-state index is 0.139. The fourth-order valence-electron chi connectivity index (χ4n) is 1.76. The lowest BCUT2D eigenvalue weighted by Gasteiger charge is -2.14. The van der Waals surface area contributed by atoms with Gasteiger partial charge in [0.2, 0.25) is 0 Å². The fraction of sp³-hybridized carbons (Fsp3) is 0.250. The zero-order valence-corrected chi connectivity index (χ0v) is 11.9. The average molecular weight is 288 g/mol. The summed E-state index contributed by atoms with van der Waals surface area (Å²) >= 11 is 0. The molecule has 0 radical (unpaired) electrons. The predicted molar refractivity (Wildman–Crippen MR) is 78.3 cm³/mol. The Morgan fingerprint density at radius 2 is 2.10 bits per heavy atom. The Balaban J connectivity index is 2.02. The van der Waals surface area contributed by atoms with Crippen LogP contribution in [0, 0.1) is 0 Å². The van der Waals surface area contributed by atoms with E-state index < -0.39 is 11.6 Å². The fourth-order valence-corrected chi connectivity index (χ4v) is 1.76. The summed E-state index contributed by atoms with van der Waals surface area (Å²) in [5, 5.41) is 0.814. The van der Waals surface area contributed by atoms with Gasteiger partial charge >= 0.3 is 11.6 Å². The van der Waals surface area contributed by atoms with Gasteiger partial charge in [0.15, 0.2) is 0 Å². The van der Waals surface area contributed by atoms with Gasteiger partial charge in [-0.05, 0) is 32.0 Å². The van der Waals surface area contributed by atoms with Crippen LogP contribution in [0.3, 0.4) is 0 Å². The van der Waals surface area contributed by atoms with E-state index in [1.54, 1.807) is 44.2 Å². The molecule has 2 aromatic rings. The maximum atomic E-state index is 11.2. The number of rotatable bonds is 5. The van der Waals surface area contributed by atoms with Crippen molar-refractivity contribution in [3.63, 3.8) is 0 Å². The van der Waals surface area contributed by atoms with Crippen LogP contribution in [0.5, 0.6) is 5.75 Å². The molecule has 0 aliphatic carbocycles. The van der Waals surface area contributed by atoms with Crippen molar-refractivity contribution in [2.75, 3.05) is 6.61 Å². The number of ether oxygens (including phenoxy) is 2. The molecule has 0 spiro atoms. The van der Waals surface area contributed by atoms with Crippen LogP contribution in [0.1, 0.15) is 13.8 Å². The quantitative estimate of drug-likeness (QED) is 0.481. The lowest BCUT2D eigenvalue weighted by Crippen LogP contribution is -2.20. The van der Waals surface area contributed by atoms with E-state index in [9.17, 15) is 9.59 Å². The number of esters is 1. The Labute approximate surface area is 121 Å². The van der Waals surface area contributed by atoms with Crippen LogP contribution in [-0.2, 0) is 9.53 Å². The maximum Gasteiger partial charge on any atom is 0.336 e. The van der Waals surface area contributed by atoms with E-state index in [1.165, 1.54) is 12.1 Å². The summed E-state index contributed by atoms with van der Waals surface area (Å²) in [5.41, 5.74) is 0.0473. The summed E-state index contributed by atoms with van der Waals surface area (Å²) in [7, 11) is 0. The van der Waals surface area contributed by atoms with Gasteiger partial charge in [-0.25, -0.2) is 9.59 Å². The second-order valence-corrected chi connectivity index (χ2v) is 4.51. The molecule has 0 saturated heterocycles. The Kier molecular flexibility index (Phi) is 4.77.